The summed E-state index contributed by atoms with van der Waals surface area (Å²) >= 11 is 0. The lowest BCUT2D eigenvalue weighted by molar-refractivity contribution is 0.0599. The van der Waals surface area contributed by atoms with Crippen LogP contribution in [0.2, 0.25) is 0 Å². The first kappa shape index (κ1) is 13.7. The van der Waals surface area contributed by atoms with E-state index in [1.807, 2.05) is 0 Å². The molecule has 2 bridgehead atoms. The Bertz CT molecular complexity index is 494. The molecule has 4 heteroatoms. The molecule has 0 spiro atoms. The van der Waals surface area contributed by atoms with E-state index in [-0.39, 0.29) is 5.97 Å². The van der Waals surface area contributed by atoms with Crippen LogP contribution in [0.25, 0.3) is 0 Å². The number of esters is 1. The molecule has 0 saturated heterocycles. The summed E-state index contributed by atoms with van der Waals surface area (Å²) in [5, 5.41) is 3.48. The van der Waals surface area contributed by atoms with Crippen molar-refractivity contribution in [3.8, 4) is 0 Å². The molecule has 0 amide bonds. The average molecular weight is 277 g/mol. The minimum atomic E-state index is -0.328. The second kappa shape index (κ2) is 5.60. The van der Waals surface area contributed by atoms with Crippen molar-refractivity contribution in [3.63, 3.8) is 0 Å². The predicted molar refractivity (Wildman–Crippen MR) is 75.4 cm³/mol. The third-order valence-corrected chi connectivity index (χ3v) is 4.96. The van der Waals surface area contributed by atoms with Crippen LogP contribution in [-0.4, -0.2) is 19.6 Å². The number of nitrogens with one attached hydrogen (secondary N) is 1. The van der Waals surface area contributed by atoms with Gasteiger partial charge in [-0.15, -0.1) is 0 Å². The van der Waals surface area contributed by atoms with Crippen LogP contribution in [-0.2, 0) is 11.3 Å². The lowest BCUT2D eigenvalue weighted by atomic mass is 9.89. The van der Waals surface area contributed by atoms with E-state index in [9.17, 15) is 4.79 Å². The van der Waals surface area contributed by atoms with Gasteiger partial charge in [0.25, 0.3) is 0 Å². The van der Waals surface area contributed by atoms with Gasteiger partial charge in [-0.05, 0) is 56.6 Å². The third-order valence-electron chi connectivity index (χ3n) is 4.96. The SMILES string of the molecule is COC(=O)c1cc(CNCC2CC3CCC2C3)oc1C. The minimum absolute atomic E-state index is 0.328. The number of rotatable bonds is 5. The summed E-state index contributed by atoms with van der Waals surface area (Å²) < 4.78 is 10.3. The molecular formula is C16H23NO3. The van der Waals surface area contributed by atoms with Gasteiger partial charge in [-0.25, -0.2) is 4.79 Å². The van der Waals surface area contributed by atoms with Gasteiger partial charge in [0.2, 0.25) is 0 Å². The molecule has 2 aliphatic rings. The second-order valence-corrected chi connectivity index (χ2v) is 6.24. The number of carbonyl (C=O) groups excluding carboxylic acids is 1. The van der Waals surface area contributed by atoms with Gasteiger partial charge in [-0.1, -0.05) is 6.42 Å². The highest BCUT2D eigenvalue weighted by Crippen LogP contribution is 2.47. The van der Waals surface area contributed by atoms with Crippen molar-refractivity contribution in [1.82, 2.24) is 5.32 Å². The summed E-state index contributed by atoms with van der Waals surface area (Å²) in [4.78, 5) is 11.5. The lowest BCUT2D eigenvalue weighted by Gasteiger charge is -2.21. The van der Waals surface area contributed by atoms with Gasteiger partial charge in [0.05, 0.1) is 13.7 Å². The Morgan fingerprint density at radius 3 is 2.95 bits per heavy atom. The van der Waals surface area contributed by atoms with Crippen molar-refractivity contribution in [1.29, 1.82) is 0 Å². The Kier molecular flexibility index (Phi) is 3.83. The topological polar surface area (TPSA) is 51.5 Å². The summed E-state index contributed by atoms with van der Waals surface area (Å²) in [5.41, 5.74) is 0.532. The number of carbonyl (C=O) groups is 1. The zero-order valence-electron chi connectivity index (χ0n) is 12.3. The number of aryl methyl sites for hydroxylation is 1. The van der Waals surface area contributed by atoms with E-state index in [1.165, 1.54) is 32.8 Å². The molecule has 4 nitrogen and oxygen atoms in total. The van der Waals surface area contributed by atoms with Crippen molar-refractivity contribution < 1.29 is 13.9 Å². The Morgan fingerprint density at radius 1 is 1.45 bits per heavy atom. The molecule has 1 N–H and O–H groups in total. The number of hydrogen-bond donors (Lipinski definition) is 1. The van der Waals surface area contributed by atoms with E-state index in [0.717, 1.165) is 30.1 Å². The zero-order chi connectivity index (χ0) is 14.1. The van der Waals surface area contributed by atoms with Crippen LogP contribution in [0.4, 0.5) is 0 Å². The maximum Gasteiger partial charge on any atom is 0.341 e. The van der Waals surface area contributed by atoms with Gasteiger partial charge < -0.3 is 14.5 Å². The Balaban J connectivity index is 1.50. The fraction of sp³-hybridized carbons (Fsp3) is 0.688. The zero-order valence-corrected chi connectivity index (χ0v) is 12.3. The Morgan fingerprint density at radius 2 is 2.30 bits per heavy atom. The van der Waals surface area contributed by atoms with Gasteiger partial charge in [-0.2, -0.15) is 0 Å². The molecule has 2 aliphatic carbocycles. The fourth-order valence-corrected chi connectivity index (χ4v) is 3.95. The smallest absolute Gasteiger partial charge is 0.341 e. The van der Waals surface area contributed by atoms with Crippen molar-refractivity contribution in [2.75, 3.05) is 13.7 Å². The summed E-state index contributed by atoms with van der Waals surface area (Å²) in [6.07, 6.45) is 5.70. The first-order chi connectivity index (χ1) is 9.67. The number of fused-ring (bicyclic) bond motifs is 2. The summed E-state index contributed by atoms with van der Waals surface area (Å²) in [7, 11) is 1.39. The van der Waals surface area contributed by atoms with E-state index < -0.39 is 0 Å². The highest BCUT2D eigenvalue weighted by Gasteiger charge is 2.38. The Hall–Kier alpha value is -1.29. The molecule has 1 heterocycles. The van der Waals surface area contributed by atoms with Crippen molar-refractivity contribution in [2.45, 2.75) is 39.2 Å². The molecule has 3 rings (SSSR count). The Labute approximate surface area is 119 Å². The second-order valence-electron chi connectivity index (χ2n) is 6.24. The minimum Gasteiger partial charge on any atom is -0.465 e. The molecule has 110 valence electrons. The van der Waals surface area contributed by atoms with E-state index in [0.29, 0.717) is 17.9 Å². The van der Waals surface area contributed by atoms with Gasteiger partial charge in [0.1, 0.15) is 17.1 Å². The first-order valence-corrected chi connectivity index (χ1v) is 7.55. The highest BCUT2D eigenvalue weighted by atomic mass is 16.5. The van der Waals surface area contributed by atoms with Crippen LogP contribution in [0.1, 0.15) is 47.6 Å². The maximum absolute atomic E-state index is 11.5. The van der Waals surface area contributed by atoms with Crippen molar-refractivity contribution in [3.05, 3.63) is 23.2 Å². The molecule has 2 fully saturated rings. The first-order valence-electron chi connectivity index (χ1n) is 7.55. The van der Waals surface area contributed by atoms with Gasteiger partial charge in [0.15, 0.2) is 0 Å². The number of ether oxygens (including phenoxy) is 1. The summed E-state index contributed by atoms with van der Waals surface area (Å²) in [6, 6.07) is 1.79. The quantitative estimate of drug-likeness (QED) is 0.841. The van der Waals surface area contributed by atoms with Crippen molar-refractivity contribution in [2.24, 2.45) is 17.8 Å². The summed E-state index contributed by atoms with van der Waals surface area (Å²) in [6.45, 7) is 3.55. The predicted octanol–water partition coefficient (Wildman–Crippen LogP) is 2.90. The lowest BCUT2D eigenvalue weighted by Crippen LogP contribution is -2.26. The number of methoxy groups -OCH3 is 1. The van der Waals surface area contributed by atoms with Gasteiger partial charge in [-0.3, -0.25) is 0 Å². The number of hydrogen-bond acceptors (Lipinski definition) is 4. The molecule has 3 unspecified atom stereocenters. The standard InChI is InChI=1S/C16H23NO3/c1-10-15(16(18)19-2)7-14(20-10)9-17-8-13-6-11-3-4-12(13)5-11/h7,11-13,17H,3-6,8-9H2,1-2H3. The summed E-state index contributed by atoms with van der Waals surface area (Å²) in [5.74, 6) is 3.88. The molecular weight excluding hydrogens is 254 g/mol. The van der Waals surface area contributed by atoms with Crippen LogP contribution >= 0.6 is 0 Å². The van der Waals surface area contributed by atoms with Gasteiger partial charge >= 0.3 is 5.97 Å². The van der Waals surface area contributed by atoms with Crippen LogP contribution in [0.3, 0.4) is 0 Å². The third kappa shape index (κ3) is 2.62. The largest absolute Gasteiger partial charge is 0.465 e. The van der Waals surface area contributed by atoms with Crippen LogP contribution in [0.5, 0.6) is 0 Å². The molecule has 0 aromatic carbocycles. The molecule has 0 aliphatic heterocycles. The molecule has 0 radical (unpaired) electrons. The van der Waals surface area contributed by atoms with Crippen LogP contribution < -0.4 is 5.32 Å². The highest BCUT2D eigenvalue weighted by molar-refractivity contribution is 5.90. The van der Waals surface area contributed by atoms with E-state index in [1.54, 1.807) is 13.0 Å². The van der Waals surface area contributed by atoms with Crippen LogP contribution in [0, 0.1) is 24.7 Å². The van der Waals surface area contributed by atoms with Crippen molar-refractivity contribution >= 4 is 5.97 Å². The molecule has 1 aromatic rings. The molecule has 3 atom stereocenters. The van der Waals surface area contributed by atoms with E-state index >= 15 is 0 Å². The van der Waals surface area contributed by atoms with Crippen LogP contribution in [0.15, 0.2) is 10.5 Å². The molecule has 20 heavy (non-hydrogen) atoms. The van der Waals surface area contributed by atoms with E-state index in [4.69, 9.17) is 9.15 Å². The number of furan rings is 1. The van der Waals surface area contributed by atoms with E-state index in [2.05, 4.69) is 5.32 Å². The average Bonchev–Trinajstić information content (AvgIpc) is 3.13. The fourth-order valence-electron chi connectivity index (χ4n) is 3.95. The molecule has 2 saturated carbocycles. The monoisotopic (exact) mass is 277 g/mol. The van der Waals surface area contributed by atoms with Gasteiger partial charge in [0, 0.05) is 0 Å². The maximum atomic E-state index is 11.5. The molecule has 1 aromatic heterocycles. The normalized spacial score (nSPS) is 28.0.